The Kier molecular flexibility index (Phi) is 5.29. The number of rotatable bonds is 4. The second-order valence-electron chi connectivity index (χ2n) is 7.31. The molecule has 6 heteroatoms. The first-order valence-electron chi connectivity index (χ1n) is 10.0. The van der Waals surface area contributed by atoms with Crippen molar-refractivity contribution in [2.75, 3.05) is 11.5 Å². The van der Waals surface area contributed by atoms with Gasteiger partial charge in [0.2, 0.25) is 0 Å². The van der Waals surface area contributed by atoms with E-state index in [0.29, 0.717) is 23.6 Å². The van der Waals surface area contributed by atoms with Crippen LogP contribution in [0.2, 0.25) is 0 Å². The molecule has 0 aromatic heterocycles. The molecule has 0 saturated carbocycles. The van der Waals surface area contributed by atoms with E-state index in [9.17, 15) is 14.4 Å². The summed E-state index contributed by atoms with van der Waals surface area (Å²) in [5, 5.41) is 4.09. The SMILES string of the molecule is CCOc1ccc2ccccc2c1/C=C1\C(=O)NC(=O)N(c2cccc(C)c2C)C1=O. The molecule has 0 aliphatic carbocycles. The zero-order valence-corrected chi connectivity index (χ0v) is 17.6. The number of carbonyl (C=O) groups excluding carboxylic acids is 3. The van der Waals surface area contributed by atoms with E-state index in [2.05, 4.69) is 5.32 Å². The third-order valence-corrected chi connectivity index (χ3v) is 5.44. The van der Waals surface area contributed by atoms with Gasteiger partial charge in [-0.1, -0.05) is 42.5 Å². The van der Waals surface area contributed by atoms with Crippen molar-refractivity contribution in [1.29, 1.82) is 0 Å². The summed E-state index contributed by atoms with van der Waals surface area (Å²) in [6.07, 6.45) is 1.51. The van der Waals surface area contributed by atoms with Crippen LogP contribution in [0.4, 0.5) is 10.5 Å². The van der Waals surface area contributed by atoms with Crippen molar-refractivity contribution in [3.8, 4) is 5.75 Å². The molecule has 1 aliphatic rings. The van der Waals surface area contributed by atoms with Crippen LogP contribution in [0.15, 0.2) is 60.2 Å². The third-order valence-electron chi connectivity index (χ3n) is 5.44. The molecule has 1 saturated heterocycles. The molecule has 0 unspecified atom stereocenters. The van der Waals surface area contributed by atoms with E-state index in [-0.39, 0.29) is 5.57 Å². The zero-order valence-electron chi connectivity index (χ0n) is 17.6. The monoisotopic (exact) mass is 414 g/mol. The minimum atomic E-state index is -0.760. The van der Waals surface area contributed by atoms with Crippen molar-refractivity contribution in [3.63, 3.8) is 0 Å². The summed E-state index contributed by atoms with van der Waals surface area (Å²) < 4.78 is 5.76. The number of fused-ring (bicyclic) bond motifs is 1. The van der Waals surface area contributed by atoms with E-state index in [1.807, 2.05) is 63.2 Å². The number of carbonyl (C=O) groups is 3. The first-order chi connectivity index (χ1) is 14.9. The summed E-state index contributed by atoms with van der Waals surface area (Å²) in [6, 6.07) is 16.0. The fourth-order valence-corrected chi connectivity index (χ4v) is 3.70. The molecule has 156 valence electrons. The predicted octanol–water partition coefficient (Wildman–Crippen LogP) is 4.52. The Morgan fingerprint density at radius 2 is 1.74 bits per heavy atom. The first-order valence-corrected chi connectivity index (χ1v) is 10.0. The molecule has 0 radical (unpaired) electrons. The highest BCUT2D eigenvalue weighted by atomic mass is 16.5. The molecule has 6 nitrogen and oxygen atoms in total. The van der Waals surface area contributed by atoms with Crippen LogP contribution in [0.3, 0.4) is 0 Å². The van der Waals surface area contributed by atoms with Crippen molar-refractivity contribution in [1.82, 2.24) is 5.32 Å². The minimum absolute atomic E-state index is 0.127. The molecule has 1 aliphatic heterocycles. The molecule has 3 aromatic rings. The molecule has 4 rings (SSSR count). The number of hydrogen-bond donors (Lipinski definition) is 1. The molecule has 1 N–H and O–H groups in total. The summed E-state index contributed by atoms with van der Waals surface area (Å²) in [5.74, 6) is -0.839. The molecular weight excluding hydrogens is 392 g/mol. The van der Waals surface area contributed by atoms with Crippen LogP contribution in [-0.4, -0.2) is 24.5 Å². The highest BCUT2D eigenvalue weighted by molar-refractivity contribution is 6.39. The number of nitrogens with zero attached hydrogens (tertiary/aromatic N) is 1. The Labute approximate surface area is 180 Å². The van der Waals surface area contributed by atoms with Crippen molar-refractivity contribution in [3.05, 3.63) is 76.9 Å². The number of ether oxygens (including phenoxy) is 1. The minimum Gasteiger partial charge on any atom is -0.493 e. The molecule has 0 atom stereocenters. The van der Waals surface area contributed by atoms with Gasteiger partial charge in [0.25, 0.3) is 11.8 Å². The topological polar surface area (TPSA) is 75.7 Å². The fourth-order valence-electron chi connectivity index (χ4n) is 3.70. The zero-order chi connectivity index (χ0) is 22.1. The summed E-state index contributed by atoms with van der Waals surface area (Å²) in [5.41, 5.74) is 2.67. The van der Waals surface area contributed by atoms with Crippen molar-refractivity contribution in [2.24, 2.45) is 0 Å². The average Bonchev–Trinajstić information content (AvgIpc) is 2.75. The summed E-state index contributed by atoms with van der Waals surface area (Å²) in [4.78, 5) is 39.6. The molecular formula is C25H22N2O4. The first kappa shape index (κ1) is 20.3. The van der Waals surface area contributed by atoms with E-state index in [1.54, 1.807) is 12.1 Å². The van der Waals surface area contributed by atoms with Gasteiger partial charge < -0.3 is 4.74 Å². The van der Waals surface area contributed by atoms with Crippen LogP contribution in [0.5, 0.6) is 5.75 Å². The number of aryl methyl sites for hydroxylation is 1. The van der Waals surface area contributed by atoms with Gasteiger partial charge in [-0.15, -0.1) is 0 Å². The lowest BCUT2D eigenvalue weighted by Crippen LogP contribution is -2.54. The van der Waals surface area contributed by atoms with Gasteiger partial charge in [0.1, 0.15) is 11.3 Å². The maximum atomic E-state index is 13.4. The Bertz CT molecular complexity index is 1260. The Morgan fingerprint density at radius 1 is 0.968 bits per heavy atom. The lowest BCUT2D eigenvalue weighted by atomic mass is 9.99. The van der Waals surface area contributed by atoms with Crippen LogP contribution in [0.25, 0.3) is 16.8 Å². The van der Waals surface area contributed by atoms with Gasteiger partial charge in [-0.05, 0) is 60.9 Å². The third kappa shape index (κ3) is 3.57. The largest absolute Gasteiger partial charge is 0.493 e. The average molecular weight is 414 g/mol. The normalized spacial score (nSPS) is 15.5. The predicted molar refractivity (Wildman–Crippen MR) is 120 cm³/mol. The second-order valence-corrected chi connectivity index (χ2v) is 7.31. The van der Waals surface area contributed by atoms with Gasteiger partial charge in [0.15, 0.2) is 0 Å². The van der Waals surface area contributed by atoms with Crippen molar-refractivity contribution >= 4 is 40.4 Å². The van der Waals surface area contributed by atoms with Crippen LogP contribution in [0.1, 0.15) is 23.6 Å². The molecule has 1 heterocycles. The number of barbiturate groups is 1. The standard InChI is InChI=1S/C25H22N2O4/c1-4-31-22-13-12-17-9-5-6-10-18(17)19(22)14-20-23(28)26-25(30)27(24(20)29)21-11-7-8-15(2)16(21)3/h5-14H,4H2,1-3H3,(H,26,28,30)/b20-14+. The second kappa shape index (κ2) is 8.07. The van der Waals surface area contributed by atoms with Crippen LogP contribution in [0, 0.1) is 13.8 Å². The summed E-state index contributed by atoms with van der Waals surface area (Å²) >= 11 is 0. The van der Waals surface area contributed by atoms with Crippen LogP contribution >= 0.6 is 0 Å². The van der Waals surface area contributed by atoms with Gasteiger partial charge in [0, 0.05) is 5.56 Å². The van der Waals surface area contributed by atoms with Crippen LogP contribution in [-0.2, 0) is 9.59 Å². The van der Waals surface area contributed by atoms with E-state index in [0.717, 1.165) is 26.8 Å². The molecule has 3 aromatic carbocycles. The van der Waals surface area contributed by atoms with Gasteiger partial charge in [-0.3, -0.25) is 14.9 Å². The Morgan fingerprint density at radius 3 is 2.52 bits per heavy atom. The molecule has 0 spiro atoms. The highest BCUT2D eigenvalue weighted by Crippen LogP contribution is 2.32. The number of imide groups is 2. The van der Waals surface area contributed by atoms with E-state index in [1.165, 1.54) is 6.08 Å². The Balaban J connectivity index is 1.89. The maximum Gasteiger partial charge on any atom is 0.335 e. The van der Waals surface area contributed by atoms with E-state index in [4.69, 9.17) is 4.74 Å². The van der Waals surface area contributed by atoms with Gasteiger partial charge in [-0.2, -0.15) is 0 Å². The van der Waals surface area contributed by atoms with Gasteiger partial charge >= 0.3 is 6.03 Å². The van der Waals surface area contributed by atoms with E-state index < -0.39 is 17.8 Å². The summed E-state index contributed by atoms with van der Waals surface area (Å²) in [6.45, 7) is 6.04. The summed E-state index contributed by atoms with van der Waals surface area (Å²) in [7, 11) is 0. The van der Waals surface area contributed by atoms with Gasteiger partial charge in [0.05, 0.1) is 12.3 Å². The number of hydrogen-bond acceptors (Lipinski definition) is 4. The lowest BCUT2D eigenvalue weighted by molar-refractivity contribution is -0.122. The molecule has 0 bridgehead atoms. The molecule has 1 fully saturated rings. The van der Waals surface area contributed by atoms with Crippen molar-refractivity contribution < 1.29 is 19.1 Å². The van der Waals surface area contributed by atoms with Crippen molar-refractivity contribution in [2.45, 2.75) is 20.8 Å². The van der Waals surface area contributed by atoms with Crippen LogP contribution < -0.4 is 15.0 Å². The smallest absolute Gasteiger partial charge is 0.335 e. The number of nitrogens with one attached hydrogen (secondary N) is 1. The lowest BCUT2D eigenvalue weighted by Gasteiger charge is -2.28. The van der Waals surface area contributed by atoms with Gasteiger partial charge in [-0.25, -0.2) is 9.69 Å². The maximum absolute atomic E-state index is 13.4. The number of benzene rings is 3. The fraction of sp³-hybridized carbons (Fsp3) is 0.160. The quantitative estimate of drug-likeness (QED) is 0.503. The number of amides is 4. The number of anilines is 1. The Hall–Kier alpha value is -3.93. The highest BCUT2D eigenvalue weighted by Gasteiger charge is 2.37. The number of urea groups is 1. The molecule has 31 heavy (non-hydrogen) atoms. The molecule has 4 amide bonds. The van der Waals surface area contributed by atoms with E-state index >= 15 is 0 Å².